The molecule has 1 aliphatic rings. The molecule has 1 heterocycles. The number of hydrogen-bond acceptors (Lipinski definition) is 2. The average molecular weight is 393 g/mol. The second-order valence-corrected chi connectivity index (χ2v) is 8.04. The standard InChI is InChI=1S/C25H32N2O2/c1-3-19(2)23(21-10-6-4-7-11-21)24(28)26-18-20-12-14-22(15-13-20)25(29)27-16-8-5-9-17-27/h4,6-7,10-15,19,23H,3,5,8-9,16-18H2,1-2H3,(H,26,28). The molecule has 1 N–H and O–H groups in total. The van der Waals surface area contributed by atoms with Gasteiger partial charge in [0.1, 0.15) is 0 Å². The van der Waals surface area contributed by atoms with Crippen molar-refractivity contribution in [3.05, 3.63) is 71.3 Å². The molecule has 0 saturated carbocycles. The molecule has 2 aromatic carbocycles. The lowest BCUT2D eigenvalue weighted by molar-refractivity contribution is -0.123. The molecule has 1 saturated heterocycles. The number of nitrogens with one attached hydrogen (secondary N) is 1. The zero-order valence-electron chi connectivity index (χ0n) is 17.6. The fraction of sp³-hybridized carbons (Fsp3) is 0.440. The Morgan fingerprint density at radius 3 is 2.24 bits per heavy atom. The SMILES string of the molecule is CCC(C)C(C(=O)NCc1ccc(C(=O)N2CCCCC2)cc1)c1ccccc1. The van der Waals surface area contributed by atoms with Gasteiger partial charge in [0.25, 0.3) is 5.91 Å². The number of hydrogen-bond donors (Lipinski definition) is 1. The minimum Gasteiger partial charge on any atom is -0.351 e. The molecule has 1 fully saturated rings. The summed E-state index contributed by atoms with van der Waals surface area (Å²) in [6.45, 7) is 6.42. The summed E-state index contributed by atoms with van der Waals surface area (Å²) in [5, 5.41) is 3.09. The van der Waals surface area contributed by atoms with E-state index in [0.717, 1.165) is 49.0 Å². The lowest BCUT2D eigenvalue weighted by Crippen LogP contribution is -2.35. The summed E-state index contributed by atoms with van der Waals surface area (Å²) < 4.78 is 0. The molecule has 0 aromatic heterocycles. The summed E-state index contributed by atoms with van der Waals surface area (Å²) in [5.74, 6) is 0.281. The number of amides is 2. The highest BCUT2D eigenvalue weighted by Crippen LogP contribution is 2.27. The lowest BCUT2D eigenvalue weighted by Gasteiger charge is -2.26. The molecule has 1 aliphatic heterocycles. The number of carbonyl (C=O) groups is 2. The van der Waals surface area contributed by atoms with Crippen molar-refractivity contribution in [3.63, 3.8) is 0 Å². The Balaban J connectivity index is 1.61. The van der Waals surface area contributed by atoms with Crippen LogP contribution < -0.4 is 5.32 Å². The predicted molar refractivity (Wildman–Crippen MR) is 117 cm³/mol. The van der Waals surface area contributed by atoms with Crippen molar-refractivity contribution >= 4 is 11.8 Å². The number of nitrogens with zero attached hydrogens (tertiary/aromatic N) is 1. The van der Waals surface area contributed by atoms with Gasteiger partial charge in [-0.05, 0) is 48.4 Å². The highest BCUT2D eigenvalue weighted by atomic mass is 16.2. The summed E-state index contributed by atoms with van der Waals surface area (Å²) in [6, 6.07) is 17.6. The molecule has 3 rings (SSSR count). The fourth-order valence-electron chi connectivity index (χ4n) is 3.98. The Morgan fingerprint density at radius 1 is 0.966 bits per heavy atom. The van der Waals surface area contributed by atoms with E-state index in [9.17, 15) is 9.59 Å². The predicted octanol–water partition coefficient (Wildman–Crippen LogP) is 4.76. The highest BCUT2D eigenvalue weighted by Gasteiger charge is 2.25. The van der Waals surface area contributed by atoms with Crippen LogP contribution in [0.1, 0.15) is 66.9 Å². The van der Waals surface area contributed by atoms with Crippen LogP contribution in [-0.2, 0) is 11.3 Å². The Hall–Kier alpha value is -2.62. The fourth-order valence-corrected chi connectivity index (χ4v) is 3.98. The summed E-state index contributed by atoms with van der Waals surface area (Å²) in [5.41, 5.74) is 2.79. The molecular formula is C25H32N2O2. The Labute approximate surface area is 174 Å². The largest absolute Gasteiger partial charge is 0.351 e. The van der Waals surface area contributed by atoms with E-state index >= 15 is 0 Å². The minimum atomic E-state index is -0.152. The number of likely N-dealkylation sites (tertiary alicyclic amines) is 1. The van der Waals surface area contributed by atoms with E-state index in [1.165, 1.54) is 6.42 Å². The van der Waals surface area contributed by atoms with E-state index < -0.39 is 0 Å². The zero-order valence-corrected chi connectivity index (χ0v) is 17.6. The minimum absolute atomic E-state index is 0.0546. The molecule has 29 heavy (non-hydrogen) atoms. The van der Waals surface area contributed by atoms with Crippen molar-refractivity contribution in [1.29, 1.82) is 0 Å². The zero-order chi connectivity index (χ0) is 20.6. The maximum atomic E-state index is 12.9. The van der Waals surface area contributed by atoms with E-state index in [4.69, 9.17) is 0 Å². The van der Waals surface area contributed by atoms with E-state index in [-0.39, 0.29) is 23.7 Å². The summed E-state index contributed by atoms with van der Waals surface area (Å²) in [6.07, 6.45) is 4.34. The van der Waals surface area contributed by atoms with E-state index in [2.05, 4.69) is 19.2 Å². The quantitative estimate of drug-likeness (QED) is 0.739. The topological polar surface area (TPSA) is 49.4 Å². The molecule has 4 nitrogen and oxygen atoms in total. The van der Waals surface area contributed by atoms with Crippen LogP contribution in [0.15, 0.2) is 54.6 Å². The van der Waals surface area contributed by atoms with Gasteiger partial charge in [-0.15, -0.1) is 0 Å². The summed E-state index contributed by atoms with van der Waals surface area (Å²) in [4.78, 5) is 27.5. The van der Waals surface area contributed by atoms with Crippen molar-refractivity contribution in [2.75, 3.05) is 13.1 Å². The van der Waals surface area contributed by atoms with Crippen LogP contribution in [0.3, 0.4) is 0 Å². The van der Waals surface area contributed by atoms with Crippen molar-refractivity contribution in [1.82, 2.24) is 10.2 Å². The van der Waals surface area contributed by atoms with Crippen LogP contribution in [0.4, 0.5) is 0 Å². The maximum absolute atomic E-state index is 12.9. The highest BCUT2D eigenvalue weighted by molar-refractivity contribution is 5.94. The monoisotopic (exact) mass is 392 g/mol. The molecule has 2 aromatic rings. The lowest BCUT2D eigenvalue weighted by atomic mass is 9.85. The normalized spacial score (nSPS) is 16.1. The molecule has 2 amide bonds. The molecule has 0 bridgehead atoms. The molecule has 2 atom stereocenters. The van der Waals surface area contributed by atoms with E-state index in [0.29, 0.717) is 6.54 Å². The van der Waals surface area contributed by atoms with Gasteiger partial charge in [0.2, 0.25) is 5.91 Å². The molecule has 4 heteroatoms. The smallest absolute Gasteiger partial charge is 0.253 e. The molecule has 0 radical (unpaired) electrons. The van der Waals surface area contributed by atoms with Gasteiger partial charge in [-0.1, -0.05) is 62.7 Å². The van der Waals surface area contributed by atoms with Gasteiger partial charge >= 0.3 is 0 Å². The first-order valence-electron chi connectivity index (χ1n) is 10.8. The van der Waals surface area contributed by atoms with Gasteiger partial charge in [0, 0.05) is 25.2 Å². The molecule has 0 aliphatic carbocycles. The van der Waals surface area contributed by atoms with Crippen LogP contribution >= 0.6 is 0 Å². The average Bonchev–Trinajstić information content (AvgIpc) is 2.79. The van der Waals surface area contributed by atoms with Crippen LogP contribution in [0, 0.1) is 5.92 Å². The first kappa shape index (κ1) is 21.1. The number of carbonyl (C=O) groups excluding carboxylic acids is 2. The maximum Gasteiger partial charge on any atom is 0.253 e. The summed E-state index contributed by atoms with van der Waals surface area (Å²) in [7, 11) is 0. The van der Waals surface area contributed by atoms with Crippen molar-refractivity contribution in [3.8, 4) is 0 Å². The number of rotatable bonds is 7. The number of piperidine rings is 1. The molecular weight excluding hydrogens is 360 g/mol. The number of benzene rings is 2. The van der Waals surface area contributed by atoms with Gasteiger partial charge in [-0.2, -0.15) is 0 Å². The van der Waals surface area contributed by atoms with E-state index in [1.54, 1.807) is 0 Å². The van der Waals surface area contributed by atoms with Gasteiger partial charge in [-0.3, -0.25) is 9.59 Å². The summed E-state index contributed by atoms with van der Waals surface area (Å²) >= 11 is 0. The third-order valence-electron chi connectivity index (χ3n) is 5.97. The van der Waals surface area contributed by atoms with Gasteiger partial charge in [0.05, 0.1) is 5.92 Å². The Morgan fingerprint density at radius 2 is 1.62 bits per heavy atom. The van der Waals surface area contributed by atoms with Gasteiger partial charge in [-0.25, -0.2) is 0 Å². The first-order valence-corrected chi connectivity index (χ1v) is 10.8. The third-order valence-corrected chi connectivity index (χ3v) is 5.97. The molecule has 0 spiro atoms. The second-order valence-electron chi connectivity index (χ2n) is 8.04. The molecule has 2 unspecified atom stereocenters. The van der Waals surface area contributed by atoms with Crippen molar-refractivity contribution < 1.29 is 9.59 Å². The van der Waals surface area contributed by atoms with Crippen LogP contribution in [0.25, 0.3) is 0 Å². The van der Waals surface area contributed by atoms with Gasteiger partial charge in [0.15, 0.2) is 0 Å². The van der Waals surface area contributed by atoms with Crippen LogP contribution in [-0.4, -0.2) is 29.8 Å². The van der Waals surface area contributed by atoms with Crippen molar-refractivity contribution in [2.24, 2.45) is 5.92 Å². The molecule has 154 valence electrons. The Bertz CT molecular complexity index is 795. The van der Waals surface area contributed by atoms with Crippen LogP contribution in [0.5, 0.6) is 0 Å². The first-order chi connectivity index (χ1) is 14.1. The second kappa shape index (κ2) is 10.2. The van der Waals surface area contributed by atoms with Crippen LogP contribution in [0.2, 0.25) is 0 Å². The Kier molecular flexibility index (Phi) is 7.45. The third kappa shape index (κ3) is 5.47. The van der Waals surface area contributed by atoms with E-state index in [1.807, 2.05) is 59.5 Å². The van der Waals surface area contributed by atoms with Crippen molar-refractivity contribution in [2.45, 2.75) is 52.0 Å². The van der Waals surface area contributed by atoms with Gasteiger partial charge < -0.3 is 10.2 Å².